The van der Waals surface area contributed by atoms with Gasteiger partial charge in [-0.2, -0.15) is 0 Å². The molecule has 3 heteroatoms. The molecule has 21 heavy (non-hydrogen) atoms. The molecule has 0 aliphatic carbocycles. The van der Waals surface area contributed by atoms with Gasteiger partial charge in [-0.3, -0.25) is 4.79 Å². The van der Waals surface area contributed by atoms with Crippen molar-refractivity contribution in [3.63, 3.8) is 0 Å². The maximum Gasteiger partial charge on any atom is 0.163 e. The van der Waals surface area contributed by atoms with E-state index >= 15 is 0 Å². The molecule has 0 radical (unpaired) electrons. The number of rotatable bonds is 5. The van der Waals surface area contributed by atoms with Gasteiger partial charge in [0, 0.05) is 17.5 Å². The number of ketones is 1. The summed E-state index contributed by atoms with van der Waals surface area (Å²) in [7, 11) is 0. The molecule has 0 saturated carbocycles. The molecule has 0 fully saturated rings. The predicted octanol–water partition coefficient (Wildman–Crippen LogP) is 4.29. The summed E-state index contributed by atoms with van der Waals surface area (Å²) < 4.78 is 5.83. The molecule has 0 saturated heterocycles. The Morgan fingerprint density at radius 2 is 1.95 bits per heavy atom. The lowest BCUT2D eigenvalue weighted by Crippen LogP contribution is -2.04. The number of aromatic hydroxyl groups is 1. The van der Waals surface area contributed by atoms with Crippen LogP contribution in [0.15, 0.2) is 28.7 Å². The van der Waals surface area contributed by atoms with Crippen molar-refractivity contribution < 1.29 is 14.3 Å². The number of phenols is 1. The van der Waals surface area contributed by atoms with Crippen molar-refractivity contribution in [2.75, 3.05) is 0 Å². The normalized spacial score (nSPS) is 11.1. The van der Waals surface area contributed by atoms with E-state index in [4.69, 9.17) is 4.42 Å². The van der Waals surface area contributed by atoms with Crippen LogP contribution in [-0.2, 0) is 12.8 Å². The van der Waals surface area contributed by atoms with Crippen LogP contribution in [0.5, 0.6) is 5.75 Å². The summed E-state index contributed by atoms with van der Waals surface area (Å²) in [5.74, 6) is 2.18. The van der Waals surface area contributed by atoms with Crippen molar-refractivity contribution in [3.8, 4) is 5.75 Å². The molecule has 2 rings (SSSR count). The Hall–Kier alpha value is -2.03. The zero-order valence-corrected chi connectivity index (χ0v) is 13.1. The third kappa shape index (κ3) is 3.35. The smallest absolute Gasteiger partial charge is 0.163 e. The van der Waals surface area contributed by atoms with Gasteiger partial charge in [0.1, 0.15) is 17.3 Å². The topological polar surface area (TPSA) is 50.4 Å². The van der Waals surface area contributed by atoms with Crippen LogP contribution in [0.3, 0.4) is 0 Å². The van der Waals surface area contributed by atoms with Crippen LogP contribution < -0.4 is 0 Å². The van der Waals surface area contributed by atoms with Crippen molar-refractivity contribution in [3.05, 3.63) is 52.5 Å². The zero-order valence-electron chi connectivity index (χ0n) is 13.1. The van der Waals surface area contributed by atoms with Crippen LogP contribution in [0.1, 0.15) is 53.8 Å². The molecule has 1 aromatic heterocycles. The van der Waals surface area contributed by atoms with E-state index in [1.165, 1.54) is 0 Å². The second kappa shape index (κ2) is 6.17. The van der Waals surface area contributed by atoms with Gasteiger partial charge in [-0.1, -0.05) is 32.0 Å². The van der Waals surface area contributed by atoms with Crippen LogP contribution >= 0.6 is 0 Å². The van der Waals surface area contributed by atoms with Crippen molar-refractivity contribution in [2.45, 2.75) is 40.5 Å². The van der Waals surface area contributed by atoms with Gasteiger partial charge >= 0.3 is 0 Å². The predicted molar refractivity (Wildman–Crippen MR) is 82.9 cm³/mol. The van der Waals surface area contributed by atoms with Crippen molar-refractivity contribution >= 4 is 5.78 Å². The minimum absolute atomic E-state index is 0.0374. The average molecular weight is 286 g/mol. The van der Waals surface area contributed by atoms with Crippen LogP contribution in [0, 0.1) is 12.8 Å². The largest absolute Gasteiger partial charge is 0.508 e. The highest BCUT2D eigenvalue weighted by molar-refractivity contribution is 5.96. The first-order valence-electron chi connectivity index (χ1n) is 7.29. The van der Waals surface area contributed by atoms with E-state index in [0.717, 1.165) is 23.3 Å². The van der Waals surface area contributed by atoms with Crippen LogP contribution in [0.25, 0.3) is 0 Å². The number of benzene rings is 1. The van der Waals surface area contributed by atoms with E-state index < -0.39 is 0 Å². The van der Waals surface area contributed by atoms with Gasteiger partial charge < -0.3 is 9.52 Å². The molecule has 0 bridgehead atoms. The molecule has 3 nitrogen and oxygen atoms in total. The van der Waals surface area contributed by atoms with E-state index in [0.29, 0.717) is 23.7 Å². The fourth-order valence-corrected chi connectivity index (χ4v) is 2.71. The molecular formula is C18H22O3. The molecule has 0 unspecified atom stereocenters. The molecule has 0 spiro atoms. The number of hydrogen-bond donors (Lipinski definition) is 1. The lowest BCUT2D eigenvalue weighted by Gasteiger charge is -2.08. The van der Waals surface area contributed by atoms with Gasteiger partial charge in [0.2, 0.25) is 0 Å². The van der Waals surface area contributed by atoms with Crippen LogP contribution in [0.4, 0.5) is 0 Å². The quantitative estimate of drug-likeness (QED) is 0.834. The molecule has 0 amide bonds. The molecule has 0 atom stereocenters. The summed E-state index contributed by atoms with van der Waals surface area (Å²) in [6, 6.07) is 7.22. The van der Waals surface area contributed by atoms with Crippen LogP contribution in [-0.4, -0.2) is 10.9 Å². The second-order valence-corrected chi connectivity index (χ2v) is 5.89. The Labute approximate surface area is 125 Å². The highest BCUT2D eigenvalue weighted by Crippen LogP contribution is 2.29. The molecule has 1 aromatic carbocycles. The van der Waals surface area contributed by atoms with Gasteiger partial charge in [0.05, 0.1) is 5.56 Å². The fourth-order valence-electron chi connectivity index (χ4n) is 2.71. The first-order chi connectivity index (χ1) is 9.90. The molecular weight excluding hydrogens is 264 g/mol. The Balaban J connectivity index is 2.46. The Bertz CT molecular complexity index is 650. The van der Waals surface area contributed by atoms with Crippen molar-refractivity contribution in [1.82, 2.24) is 0 Å². The highest BCUT2D eigenvalue weighted by atomic mass is 16.3. The van der Waals surface area contributed by atoms with Gasteiger partial charge in [0.25, 0.3) is 0 Å². The minimum atomic E-state index is 0.0374. The van der Waals surface area contributed by atoms with E-state index in [9.17, 15) is 9.90 Å². The summed E-state index contributed by atoms with van der Waals surface area (Å²) in [5, 5.41) is 9.92. The highest BCUT2D eigenvalue weighted by Gasteiger charge is 2.22. The molecule has 1 heterocycles. The summed E-state index contributed by atoms with van der Waals surface area (Å²) >= 11 is 0. The third-order valence-electron chi connectivity index (χ3n) is 3.57. The summed E-state index contributed by atoms with van der Waals surface area (Å²) in [4.78, 5) is 11.9. The number of hydrogen-bond acceptors (Lipinski definition) is 3. The van der Waals surface area contributed by atoms with Crippen molar-refractivity contribution in [1.29, 1.82) is 0 Å². The monoisotopic (exact) mass is 286 g/mol. The zero-order chi connectivity index (χ0) is 15.6. The number of furan rings is 1. The standard InChI is InChI=1S/C18H22O3/c1-11(2)9-15-17(21-13(4)18(15)12(3)19)10-14-7-5-6-8-16(14)20/h5-8,11,20H,9-10H2,1-4H3. The van der Waals surface area contributed by atoms with Crippen LogP contribution in [0.2, 0.25) is 0 Å². The maximum atomic E-state index is 11.9. The Morgan fingerprint density at radius 1 is 1.29 bits per heavy atom. The van der Waals surface area contributed by atoms with Gasteiger partial charge in [0.15, 0.2) is 5.78 Å². The lowest BCUT2D eigenvalue weighted by atomic mass is 9.94. The summed E-state index contributed by atoms with van der Waals surface area (Å²) in [6.45, 7) is 7.65. The lowest BCUT2D eigenvalue weighted by molar-refractivity contribution is 0.101. The fraction of sp³-hybridized carbons (Fsp3) is 0.389. The van der Waals surface area contributed by atoms with Gasteiger partial charge in [-0.15, -0.1) is 0 Å². The molecule has 1 N–H and O–H groups in total. The number of carbonyl (C=O) groups is 1. The number of para-hydroxylation sites is 1. The Morgan fingerprint density at radius 3 is 2.52 bits per heavy atom. The minimum Gasteiger partial charge on any atom is -0.508 e. The average Bonchev–Trinajstić information content (AvgIpc) is 2.67. The molecule has 112 valence electrons. The number of Topliss-reactive ketones (excluding diaryl/α,β-unsaturated/α-hetero) is 1. The number of aryl methyl sites for hydroxylation is 1. The molecule has 2 aromatic rings. The van der Waals surface area contributed by atoms with E-state index in [1.54, 1.807) is 19.1 Å². The Kier molecular flexibility index (Phi) is 4.51. The summed E-state index contributed by atoms with van der Waals surface area (Å²) in [6.07, 6.45) is 1.30. The molecule has 0 aliphatic heterocycles. The van der Waals surface area contributed by atoms with E-state index in [2.05, 4.69) is 13.8 Å². The number of phenolic OH excluding ortho intramolecular Hbond substituents is 1. The first kappa shape index (κ1) is 15.4. The van der Waals surface area contributed by atoms with Crippen molar-refractivity contribution in [2.24, 2.45) is 5.92 Å². The first-order valence-corrected chi connectivity index (χ1v) is 7.29. The summed E-state index contributed by atoms with van der Waals surface area (Å²) in [5.41, 5.74) is 2.50. The van der Waals surface area contributed by atoms with E-state index in [1.807, 2.05) is 19.1 Å². The second-order valence-electron chi connectivity index (χ2n) is 5.89. The van der Waals surface area contributed by atoms with Gasteiger partial charge in [-0.25, -0.2) is 0 Å². The number of carbonyl (C=O) groups excluding carboxylic acids is 1. The third-order valence-corrected chi connectivity index (χ3v) is 3.57. The SMILES string of the molecule is CC(=O)c1c(C)oc(Cc2ccccc2O)c1CC(C)C. The maximum absolute atomic E-state index is 11.9. The molecule has 0 aliphatic rings. The van der Waals surface area contributed by atoms with E-state index in [-0.39, 0.29) is 11.5 Å². The van der Waals surface area contributed by atoms with Gasteiger partial charge in [-0.05, 0) is 32.3 Å².